The summed E-state index contributed by atoms with van der Waals surface area (Å²) in [5.41, 5.74) is 2.14. The van der Waals surface area contributed by atoms with Gasteiger partial charge in [0.2, 0.25) is 0 Å². The molecule has 0 aliphatic carbocycles. The van der Waals surface area contributed by atoms with E-state index in [0.29, 0.717) is 19.1 Å². The van der Waals surface area contributed by atoms with Crippen molar-refractivity contribution in [3.63, 3.8) is 0 Å². The lowest BCUT2D eigenvalue weighted by Gasteiger charge is -2.32. The van der Waals surface area contributed by atoms with Gasteiger partial charge in [-0.1, -0.05) is 37.3 Å². The summed E-state index contributed by atoms with van der Waals surface area (Å²) in [6.45, 7) is 3.53. The normalized spacial score (nSPS) is 21.1. The Hall–Kier alpha value is -1.87. The van der Waals surface area contributed by atoms with Gasteiger partial charge in [-0.3, -0.25) is 0 Å². The van der Waals surface area contributed by atoms with Crippen LogP contribution in [0.25, 0.3) is 0 Å². The fraction of sp³-hybridized carbons (Fsp3) is 0.294. The molecule has 1 heterocycles. The second-order valence-corrected chi connectivity index (χ2v) is 5.31. The highest BCUT2D eigenvalue weighted by atomic mass is 19.1. The van der Waals surface area contributed by atoms with Gasteiger partial charge in [0, 0.05) is 24.1 Å². The Morgan fingerprint density at radius 2 is 2.05 bits per heavy atom. The van der Waals surface area contributed by atoms with Gasteiger partial charge in [-0.15, -0.1) is 0 Å². The number of nitrogens with one attached hydrogen (secondary N) is 1. The second kappa shape index (κ2) is 5.63. The molecule has 0 spiro atoms. The lowest BCUT2D eigenvalue weighted by atomic mass is 9.92. The first kappa shape index (κ1) is 13.1. The van der Waals surface area contributed by atoms with E-state index in [4.69, 9.17) is 4.74 Å². The highest BCUT2D eigenvalue weighted by Crippen LogP contribution is 2.35. The molecule has 0 fully saturated rings. The van der Waals surface area contributed by atoms with E-state index >= 15 is 0 Å². The SMILES string of the molecule is CC1COc2ccccc2C1NCc1cccc(F)c1. The Bertz CT molecular complexity index is 599. The van der Waals surface area contributed by atoms with Crippen molar-refractivity contribution in [3.8, 4) is 5.75 Å². The van der Waals surface area contributed by atoms with Crippen molar-refractivity contribution in [2.75, 3.05) is 6.61 Å². The van der Waals surface area contributed by atoms with Crippen LogP contribution in [0.2, 0.25) is 0 Å². The monoisotopic (exact) mass is 271 g/mol. The molecular formula is C17H18FNO. The summed E-state index contributed by atoms with van der Waals surface area (Å²) in [7, 11) is 0. The van der Waals surface area contributed by atoms with Gasteiger partial charge in [0.25, 0.3) is 0 Å². The Labute approximate surface area is 118 Å². The van der Waals surface area contributed by atoms with Crippen molar-refractivity contribution in [1.29, 1.82) is 0 Å². The summed E-state index contributed by atoms with van der Waals surface area (Å²) in [5.74, 6) is 1.14. The van der Waals surface area contributed by atoms with Gasteiger partial charge in [-0.05, 0) is 23.8 Å². The molecule has 3 heteroatoms. The Morgan fingerprint density at radius 3 is 2.90 bits per heavy atom. The molecule has 3 rings (SSSR count). The van der Waals surface area contributed by atoms with Crippen molar-refractivity contribution >= 4 is 0 Å². The van der Waals surface area contributed by atoms with Gasteiger partial charge < -0.3 is 10.1 Å². The number of para-hydroxylation sites is 1. The molecule has 0 amide bonds. The third kappa shape index (κ3) is 2.68. The highest BCUT2D eigenvalue weighted by molar-refractivity contribution is 5.38. The minimum atomic E-state index is -0.190. The maximum absolute atomic E-state index is 13.2. The van der Waals surface area contributed by atoms with Crippen LogP contribution in [0.3, 0.4) is 0 Å². The number of halogens is 1. The molecule has 2 aromatic rings. The average molecular weight is 271 g/mol. The van der Waals surface area contributed by atoms with Gasteiger partial charge in [0.05, 0.1) is 6.61 Å². The number of rotatable bonds is 3. The van der Waals surface area contributed by atoms with E-state index in [-0.39, 0.29) is 11.9 Å². The first-order valence-electron chi connectivity index (χ1n) is 6.93. The van der Waals surface area contributed by atoms with Crippen LogP contribution in [0.4, 0.5) is 4.39 Å². The standard InChI is InChI=1S/C17H18FNO/c1-12-11-20-16-8-3-2-7-15(16)17(12)19-10-13-5-4-6-14(18)9-13/h2-9,12,17,19H,10-11H2,1H3. The summed E-state index contributed by atoms with van der Waals surface area (Å²) >= 11 is 0. The molecule has 104 valence electrons. The number of benzene rings is 2. The fourth-order valence-corrected chi connectivity index (χ4v) is 2.68. The van der Waals surface area contributed by atoms with Gasteiger partial charge in [0.1, 0.15) is 11.6 Å². The van der Waals surface area contributed by atoms with E-state index in [0.717, 1.165) is 11.3 Å². The average Bonchev–Trinajstić information content (AvgIpc) is 2.46. The smallest absolute Gasteiger partial charge is 0.124 e. The quantitative estimate of drug-likeness (QED) is 0.919. The summed E-state index contributed by atoms with van der Waals surface area (Å²) in [6.07, 6.45) is 0. The van der Waals surface area contributed by atoms with E-state index in [1.165, 1.54) is 11.6 Å². The van der Waals surface area contributed by atoms with Gasteiger partial charge in [-0.2, -0.15) is 0 Å². The number of hydrogen-bond donors (Lipinski definition) is 1. The predicted molar refractivity (Wildman–Crippen MR) is 77.1 cm³/mol. The fourth-order valence-electron chi connectivity index (χ4n) is 2.68. The minimum Gasteiger partial charge on any atom is -0.493 e. The molecule has 1 aliphatic rings. The van der Waals surface area contributed by atoms with Crippen LogP contribution in [0, 0.1) is 11.7 Å². The minimum absolute atomic E-state index is 0.190. The third-order valence-corrected chi connectivity index (χ3v) is 3.74. The summed E-state index contributed by atoms with van der Waals surface area (Å²) in [6, 6.07) is 15.1. The lowest BCUT2D eigenvalue weighted by molar-refractivity contribution is 0.188. The van der Waals surface area contributed by atoms with Crippen molar-refractivity contribution < 1.29 is 9.13 Å². The first-order valence-corrected chi connectivity index (χ1v) is 6.93. The molecule has 0 radical (unpaired) electrons. The van der Waals surface area contributed by atoms with Crippen molar-refractivity contribution in [2.24, 2.45) is 5.92 Å². The lowest BCUT2D eigenvalue weighted by Crippen LogP contribution is -2.33. The molecule has 2 unspecified atom stereocenters. The van der Waals surface area contributed by atoms with Crippen LogP contribution < -0.4 is 10.1 Å². The van der Waals surface area contributed by atoms with E-state index in [2.05, 4.69) is 18.3 Å². The van der Waals surface area contributed by atoms with E-state index < -0.39 is 0 Å². The van der Waals surface area contributed by atoms with Gasteiger partial charge in [0.15, 0.2) is 0 Å². The molecule has 1 N–H and O–H groups in total. The van der Waals surface area contributed by atoms with Crippen LogP contribution in [0.5, 0.6) is 5.75 Å². The molecule has 20 heavy (non-hydrogen) atoms. The summed E-state index contributed by atoms with van der Waals surface area (Å²) in [4.78, 5) is 0. The van der Waals surface area contributed by atoms with Gasteiger partial charge in [-0.25, -0.2) is 4.39 Å². The largest absolute Gasteiger partial charge is 0.493 e. The molecular weight excluding hydrogens is 253 g/mol. The first-order chi connectivity index (χ1) is 9.74. The highest BCUT2D eigenvalue weighted by Gasteiger charge is 2.26. The summed E-state index contributed by atoms with van der Waals surface area (Å²) in [5, 5.41) is 3.52. The predicted octanol–water partition coefficient (Wildman–Crippen LogP) is 3.69. The zero-order valence-corrected chi connectivity index (χ0v) is 11.5. The van der Waals surface area contributed by atoms with Crippen molar-refractivity contribution in [2.45, 2.75) is 19.5 Å². The zero-order valence-electron chi connectivity index (χ0n) is 11.5. The molecule has 2 nitrogen and oxygen atoms in total. The van der Waals surface area contributed by atoms with Crippen LogP contribution in [0.15, 0.2) is 48.5 Å². The molecule has 0 aromatic heterocycles. The Kier molecular flexibility index (Phi) is 3.70. The van der Waals surface area contributed by atoms with E-state index in [1.807, 2.05) is 24.3 Å². The molecule has 2 atom stereocenters. The number of ether oxygens (including phenoxy) is 1. The van der Waals surface area contributed by atoms with Crippen molar-refractivity contribution in [3.05, 3.63) is 65.5 Å². The van der Waals surface area contributed by atoms with Crippen LogP contribution in [-0.2, 0) is 6.54 Å². The topological polar surface area (TPSA) is 21.3 Å². The zero-order chi connectivity index (χ0) is 13.9. The third-order valence-electron chi connectivity index (χ3n) is 3.74. The van der Waals surface area contributed by atoms with Gasteiger partial charge >= 0.3 is 0 Å². The van der Waals surface area contributed by atoms with Crippen LogP contribution >= 0.6 is 0 Å². The Balaban J connectivity index is 1.77. The molecule has 0 saturated heterocycles. The molecule has 0 bridgehead atoms. The van der Waals surface area contributed by atoms with Crippen molar-refractivity contribution in [1.82, 2.24) is 5.32 Å². The van der Waals surface area contributed by atoms with Crippen LogP contribution in [-0.4, -0.2) is 6.61 Å². The second-order valence-electron chi connectivity index (χ2n) is 5.31. The summed E-state index contributed by atoms with van der Waals surface area (Å²) < 4.78 is 18.9. The maximum Gasteiger partial charge on any atom is 0.124 e. The van der Waals surface area contributed by atoms with E-state index in [1.54, 1.807) is 12.1 Å². The molecule has 0 saturated carbocycles. The van der Waals surface area contributed by atoms with Crippen LogP contribution in [0.1, 0.15) is 24.1 Å². The molecule has 2 aromatic carbocycles. The Morgan fingerprint density at radius 1 is 1.20 bits per heavy atom. The molecule has 1 aliphatic heterocycles. The number of hydrogen-bond acceptors (Lipinski definition) is 2. The number of fused-ring (bicyclic) bond motifs is 1. The maximum atomic E-state index is 13.2. The van der Waals surface area contributed by atoms with E-state index in [9.17, 15) is 4.39 Å².